The van der Waals surface area contributed by atoms with E-state index in [1.165, 1.54) is 0 Å². The van der Waals surface area contributed by atoms with Crippen molar-refractivity contribution in [3.8, 4) is 5.75 Å². The Hall–Kier alpha value is -1.55. The van der Waals surface area contributed by atoms with Gasteiger partial charge in [0.25, 0.3) is 5.91 Å². The summed E-state index contributed by atoms with van der Waals surface area (Å²) >= 11 is 0. The third-order valence-corrected chi connectivity index (χ3v) is 3.32. The van der Waals surface area contributed by atoms with Crippen LogP contribution < -0.4 is 15.8 Å². The van der Waals surface area contributed by atoms with Crippen LogP contribution in [0, 0.1) is 5.92 Å². The summed E-state index contributed by atoms with van der Waals surface area (Å²) in [4.78, 5) is 11.6. The van der Waals surface area contributed by atoms with Gasteiger partial charge < -0.3 is 15.8 Å². The van der Waals surface area contributed by atoms with Gasteiger partial charge in [0.2, 0.25) is 0 Å². The van der Waals surface area contributed by atoms with Crippen molar-refractivity contribution < 1.29 is 9.53 Å². The van der Waals surface area contributed by atoms with Crippen molar-refractivity contribution in [2.45, 2.75) is 32.4 Å². The molecule has 0 aromatic heterocycles. The molecular formula is C14H20N2O2. The van der Waals surface area contributed by atoms with Crippen LogP contribution in [0.15, 0.2) is 24.3 Å². The van der Waals surface area contributed by atoms with Crippen LogP contribution in [-0.2, 0) is 11.3 Å². The number of hydrogen-bond acceptors (Lipinski definition) is 3. The van der Waals surface area contributed by atoms with E-state index in [0.29, 0.717) is 24.3 Å². The molecule has 1 fully saturated rings. The molecule has 0 bridgehead atoms. The minimum absolute atomic E-state index is 0.0427. The highest BCUT2D eigenvalue weighted by Crippen LogP contribution is 2.32. The maximum absolute atomic E-state index is 11.6. The van der Waals surface area contributed by atoms with Crippen molar-refractivity contribution in [1.82, 2.24) is 5.32 Å². The minimum atomic E-state index is -0.0427. The second kappa shape index (κ2) is 5.87. The fraction of sp³-hybridized carbons (Fsp3) is 0.500. The van der Waals surface area contributed by atoms with Gasteiger partial charge in [-0.25, -0.2) is 0 Å². The number of rotatable bonds is 6. The largest absolute Gasteiger partial charge is 0.484 e. The SMILES string of the molecule is CCC1CC1NC(=O)COc1ccc(CN)cc1. The van der Waals surface area contributed by atoms with Crippen molar-refractivity contribution in [3.05, 3.63) is 29.8 Å². The molecule has 1 aromatic carbocycles. The zero-order valence-electron chi connectivity index (χ0n) is 10.7. The van der Waals surface area contributed by atoms with Crippen molar-refractivity contribution in [3.63, 3.8) is 0 Å². The Labute approximate surface area is 108 Å². The quantitative estimate of drug-likeness (QED) is 0.800. The smallest absolute Gasteiger partial charge is 0.258 e. The number of nitrogens with two attached hydrogens (primary N) is 1. The van der Waals surface area contributed by atoms with Gasteiger partial charge in [0, 0.05) is 12.6 Å². The van der Waals surface area contributed by atoms with Crippen LogP contribution in [-0.4, -0.2) is 18.6 Å². The molecule has 0 heterocycles. The number of carbonyl (C=O) groups is 1. The van der Waals surface area contributed by atoms with E-state index in [1.54, 1.807) is 0 Å². The second-order valence-electron chi connectivity index (χ2n) is 4.71. The zero-order chi connectivity index (χ0) is 13.0. The molecule has 1 aliphatic carbocycles. The number of nitrogens with one attached hydrogen (secondary N) is 1. The predicted molar refractivity (Wildman–Crippen MR) is 70.2 cm³/mol. The highest BCUT2D eigenvalue weighted by Gasteiger charge is 2.36. The molecule has 0 radical (unpaired) electrons. The topological polar surface area (TPSA) is 64.3 Å². The molecule has 1 saturated carbocycles. The Kier molecular flexibility index (Phi) is 4.20. The molecular weight excluding hydrogens is 228 g/mol. The lowest BCUT2D eigenvalue weighted by molar-refractivity contribution is -0.123. The van der Waals surface area contributed by atoms with Crippen molar-refractivity contribution in [2.24, 2.45) is 11.7 Å². The van der Waals surface area contributed by atoms with Gasteiger partial charge in [0.15, 0.2) is 6.61 Å². The van der Waals surface area contributed by atoms with Crippen LogP contribution in [0.4, 0.5) is 0 Å². The molecule has 1 amide bonds. The van der Waals surface area contributed by atoms with E-state index in [-0.39, 0.29) is 12.5 Å². The van der Waals surface area contributed by atoms with Crippen LogP contribution in [0.3, 0.4) is 0 Å². The predicted octanol–water partition coefficient (Wildman–Crippen LogP) is 1.44. The van der Waals surface area contributed by atoms with Crippen molar-refractivity contribution >= 4 is 5.91 Å². The van der Waals surface area contributed by atoms with Crippen LogP contribution in [0.5, 0.6) is 5.75 Å². The van der Waals surface area contributed by atoms with E-state index in [1.807, 2.05) is 24.3 Å². The zero-order valence-corrected chi connectivity index (χ0v) is 10.7. The molecule has 0 saturated heterocycles. The molecule has 2 rings (SSSR count). The fourth-order valence-electron chi connectivity index (χ4n) is 1.99. The van der Waals surface area contributed by atoms with Gasteiger partial charge in [-0.2, -0.15) is 0 Å². The minimum Gasteiger partial charge on any atom is -0.484 e. The molecule has 2 atom stereocenters. The van der Waals surface area contributed by atoms with E-state index in [9.17, 15) is 4.79 Å². The lowest BCUT2D eigenvalue weighted by atomic mass is 10.2. The summed E-state index contributed by atoms with van der Waals surface area (Å²) in [6, 6.07) is 7.84. The average Bonchev–Trinajstić information content (AvgIpc) is 3.15. The first-order valence-electron chi connectivity index (χ1n) is 6.44. The number of benzene rings is 1. The Morgan fingerprint density at radius 1 is 1.44 bits per heavy atom. The Morgan fingerprint density at radius 2 is 2.17 bits per heavy atom. The summed E-state index contributed by atoms with van der Waals surface area (Å²) in [5, 5.41) is 2.96. The molecule has 18 heavy (non-hydrogen) atoms. The molecule has 98 valence electrons. The maximum atomic E-state index is 11.6. The summed E-state index contributed by atoms with van der Waals surface area (Å²) in [6.07, 6.45) is 2.24. The normalized spacial score (nSPS) is 21.4. The van der Waals surface area contributed by atoms with Crippen LogP contribution in [0.2, 0.25) is 0 Å². The fourth-order valence-corrected chi connectivity index (χ4v) is 1.99. The second-order valence-corrected chi connectivity index (χ2v) is 4.71. The highest BCUT2D eigenvalue weighted by atomic mass is 16.5. The Bertz CT molecular complexity index is 403. The Morgan fingerprint density at radius 3 is 2.72 bits per heavy atom. The first kappa shape index (κ1) is 12.9. The van der Waals surface area contributed by atoms with Crippen LogP contribution >= 0.6 is 0 Å². The van der Waals surface area contributed by atoms with Crippen LogP contribution in [0.25, 0.3) is 0 Å². The lowest BCUT2D eigenvalue weighted by Crippen LogP contribution is -2.31. The van der Waals surface area contributed by atoms with Gasteiger partial charge in [0.05, 0.1) is 0 Å². The van der Waals surface area contributed by atoms with Crippen molar-refractivity contribution in [1.29, 1.82) is 0 Å². The Balaban J connectivity index is 1.72. The molecule has 0 spiro atoms. The standard InChI is InChI=1S/C14H20N2O2/c1-2-11-7-13(11)16-14(17)9-18-12-5-3-10(8-15)4-6-12/h3-6,11,13H,2,7-9,15H2,1H3,(H,16,17). The van der Waals surface area contributed by atoms with Gasteiger partial charge >= 0.3 is 0 Å². The van der Waals surface area contributed by atoms with Gasteiger partial charge in [-0.3, -0.25) is 4.79 Å². The summed E-state index contributed by atoms with van der Waals surface area (Å²) in [5.41, 5.74) is 6.56. The maximum Gasteiger partial charge on any atom is 0.258 e. The van der Waals surface area contributed by atoms with E-state index >= 15 is 0 Å². The third-order valence-electron chi connectivity index (χ3n) is 3.32. The van der Waals surface area contributed by atoms with Crippen LogP contribution in [0.1, 0.15) is 25.3 Å². The van der Waals surface area contributed by atoms with Gasteiger partial charge in [-0.15, -0.1) is 0 Å². The lowest BCUT2D eigenvalue weighted by Gasteiger charge is -2.07. The van der Waals surface area contributed by atoms with E-state index in [4.69, 9.17) is 10.5 Å². The van der Waals surface area contributed by atoms with E-state index in [2.05, 4.69) is 12.2 Å². The monoisotopic (exact) mass is 248 g/mol. The van der Waals surface area contributed by atoms with Gasteiger partial charge in [-0.05, 0) is 30.0 Å². The summed E-state index contributed by atoms with van der Waals surface area (Å²) in [7, 11) is 0. The molecule has 4 heteroatoms. The number of hydrogen-bond donors (Lipinski definition) is 2. The van der Waals surface area contributed by atoms with Gasteiger partial charge in [-0.1, -0.05) is 25.5 Å². The van der Waals surface area contributed by atoms with Crippen molar-refractivity contribution in [2.75, 3.05) is 6.61 Å². The summed E-state index contributed by atoms with van der Waals surface area (Å²) in [5.74, 6) is 1.32. The molecule has 2 unspecified atom stereocenters. The molecule has 0 aliphatic heterocycles. The molecule has 1 aromatic rings. The molecule has 4 nitrogen and oxygen atoms in total. The summed E-state index contributed by atoms with van der Waals surface area (Å²) < 4.78 is 5.41. The first-order valence-corrected chi connectivity index (χ1v) is 6.44. The van der Waals surface area contributed by atoms with E-state index in [0.717, 1.165) is 18.4 Å². The van der Waals surface area contributed by atoms with E-state index < -0.39 is 0 Å². The number of carbonyl (C=O) groups excluding carboxylic acids is 1. The highest BCUT2D eigenvalue weighted by molar-refractivity contribution is 5.78. The molecule has 1 aliphatic rings. The molecule has 3 N–H and O–H groups in total. The first-order chi connectivity index (χ1) is 8.72. The van der Waals surface area contributed by atoms with Gasteiger partial charge in [0.1, 0.15) is 5.75 Å². The summed E-state index contributed by atoms with van der Waals surface area (Å²) in [6.45, 7) is 2.74. The number of amides is 1. The average molecular weight is 248 g/mol. The number of ether oxygens (including phenoxy) is 1. The third kappa shape index (κ3) is 3.47.